The van der Waals surface area contributed by atoms with Crippen molar-refractivity contribution in [2.45, 2.75) is 25.8 Å². The van der Waals surface area contributed by atoms with Gasteiger partial charge in [0, 0.05) is 44.3 Å². The van der Waals surface area contributed by atoms with E-state index < -0.39 is 0 Å². The molecule has 1 aromatic heterocycles. The highest BCUT2D eigenvalue weighted by Gasteiger charge is 2.23. The number of rotatable bonds is 6. The Bertz CT molecular complexity index is 1080. The van der Waals surface area contributed by atoms with Crippen LogP contribution in [0.3, 0.4) is 0 Å². The van der Waals surface area contributed by atoms with Crippen molar-refractivity contribution in [3.05, 3.63) is 71.5 Å². The molecule has 6 nitrogen and oxygen atoms in total. The number of ether oxygens (including phenoxy) is 1. The Kier molecular flexibility index (Phi) is 6.95. The van der Waals surface area contributed by atoms with Gasteiger partial charge in [0.25, 0.3) is 5.88 Å². The third-order valence-electron chi connectivity index (χ3n) is 5.54. The quantitative estimate of drug-likeness (QED) is 0.512. The topological polar surface area (TPSA) is 58.6 Å². The van der Waals surface area contributed by atoms with Crippen LogP contribution in [0.25, 0.3) is 0 Å². The molecule has 0 bridgehead atoms. The smallest absolute Gasteiger partial charge is 0.252 e. The maximum Gasteiger partial charge on any atom is 0.252 e. The highest BCUT2D eigenvalue weighted by molar-refractivity contribution is 8.00. The van der Waals surface area contributed by atoms with Crippen molar-refractivity contribution in [3.8, 4) is 11.6 Å². The van der Waals surface area contributed by atoms with Gasteiger partial charge in [-0.1, -0.05) is 41.6 Å². The molecule has 1 saturated heterocycles. The molecule has 1 amide bonds. The van der Waals surface area contributed by atoms with Crippen molar-refractivity contribution in [2.75, 3.05) is 36.8 Å². The monoisotopic (exact) mass is 448 g/mol. The zero-order chi connectivity index (χ0) is 22.5. The second-order valence-corrected chi connectivity index (χ2v) is 8.99. The van der Waals surface area contributed by atoms with Gasteiger partial charge in [-0.2, -0.15) is 0 Å². The number of amides is 1. The molecule has 0 aliphatic carbocycles. The van der Waals surface area contributed by atoms with Crippen LogP contribution in [-0.2, 0) is 4.79 Å². The third kappa shape index (κ3) is 5.40. The molecule has 166 valence electrons. The number of aromatic nitrogens is 2. The van der Waals surface area contributed by atoms with E-state index in [0.29, 0.717) is 22.4 Å². The molecule has 0 spiro atoms. The summed E-state index contributed by atoms with van der Waals surface area (Å²) >= 11 is 1.37. The van der Waals surface area contributed by atoms with Gasteiger partial charge in [0.05, 0.1) is 5.75 Å². The lowest BCUT2D eigenvalue weighted by Gasteiger charge is -2.37. The fourth-order valence-corrected chi connectivity index (χ4v) is 4.47. The number of aryl methyl sites for hydroxylation is 3. The van der Waals surface area contributed by atoms with E-state index in [0.717, 1.165) is 31.7 Å². The fraction of sp³-hybridized carbons (Fsp3) is 0.320. The van der Waals surface area contributed by atoms with E-state index >= 15 is 0 Å². The van der Waals surface area contributed by atoms with Crippen molar-refractivity contribution in [1.82, 2.24) is 14.9 Å². The molecule has 2 aromatic carbocycles. The summed E-state index contributed by atoms with van der Waals surface area (Å²) in [4.78, 5) is 25.8. The van der Waals surface area contributed by atoms with Crippen LogP contribution >= 0.6 is 11.8 Å². The number of piperazine rings is 1. The second-order valence-electron chi connectivity index (χ2n) is 8.03. The molecule has 0 saturated carbocycles. The van der Waals surface area contributed by atoms with Gasteiger partial charge in [-0.25, -0.2) is 9.97 Å². The van der Waals surface area contributed by atoms with Crippen molar-refractivity contribution < 1.29 is 9.53 Å². The summed E-state index contributed by atoms with van der Waals surface area (Å²) in [5.41, 5.74) is 4.96. The van der Waals surface area contributed by atoms with Gasteiger partial charge in [0.1, 0.15) is 5.75 Å². The minimum atomic E-state index is 0.113. The van der Waals surface area contributed by atoms with Crippen LogP contribution in [0, 0.1) is 20.8 Å². The van der Waals surface area contributed by atoms with Gasteiger partial charge in [0.15, 0.2) is 5.03 Å². The summed E-state index contributed by atoms with van der Waals surface area (Å²) in [7, 11) is 0. The van der Waals surface area contributed by atoms with Gasteiger partial charge >= 0.3 is 0 Å². The molecule has 1 fully saturated rings. The standard InChI is InChI=1S/C25H28N4O2S/c1-18-5-8-21(9-6-18)31-24-25(27-11-10-26-24)32-17-23(30)29-14-12-28(13-15-29)22-16-19(2)4-7-20(22)3/h4-11,16H,12-15,17H2,1-3H3. The van der Waals surface area contributed by atoms with E-state index in [1.54, 1.807) is 12.4 Å². The van der Waals surface area contributed by atoms with E-state index in [9.17, 15) is 4.79 Å². The van der Waals surface area contributed by atoms with E-state index in [1.165, 1.54) is 28.6 Å². The van der Waals surface area contributed by atoms with Crippen molar-refractivity contribution in [1.29, 1.82) is 0 Å². The molecule has 2 heterocycles. The number of carbonyl (C=O) groups is 1. The Balaban J connectivity index is 1.33. The van der Waals surface area contributed by atoms with Crippen LogP contribution in [0.5, 0.6) is 11.6 Å². The number of thioether (sulfide) groups is 1. The highest BCUT2D eigenvalue weighted by Crippen LogP contribution is 2.29. The number of anilines is 1. The molecule has 32 heavy (non-hydrogen) atoms. The van der Waals surface area contributed by atoms with Crippen LogP contribution in [0.2, 0.25) is 0 Å². The maximum absolute atomic E-state index is 12.8. The molecule has 0 unspecified atom stereocenters. The van der Waals surface area contributed by atoms with E-state index in [4.69, 9.17) is 4.74 Å². The SMILES string of the molecule is Cc1ccc(Oc2nccnc2SCC(=O)N2CCN(c3cc(C)ccc3C)CC2)cc1. The van der Waals surface area contributed by atoms with Gasteiger partial charge in [-0.05, 0) is 50.1 Å². The summed E-state index contributed by atoms with van der Waals surface area (Å²) in [6, 6.07) is 14.3. The number of benzene rings is 2. The van der Waals surface area contributed by atoms with Gasteiger partial charge in [-0.3, -0.25) is 4.79 Å². The molecular formula is C25H28N4O2S. The number of nitrogens with zero attached hydrogens (tertiary/aromatic N) is 4. The molecule has 0 radical (unpaired) electrons. The van der Waals surface area contributed by atoms with Crippen LogP contribution in [0.1, 0.15) is 16.7 Å². The molecule has 4 rings (SSSR count). The molecule has 1 aliphatic rings. The Hall–Kier alpha value is -3.06. The Morgan fingerprint density at radius 3 is 2.38 bits per heavy atom. The third-order valence-corrected chi connectivity index (χ3v) is 6.48. The summed E-state index contributed by atoms with van der Waals surface area (Å²) < 4.78 is 5.90. The average Bonchev–Trinajstić information content (AvgIpc) is 2.81. The van der Waals surface area contributed by atoms with Crippen molar-refractivity contribution >= 4 is 23.4 Å². The van der Waals surface area contributed by atoms with Gasteiger partial charge in [-0.15, -0.1) is 0 Å². The van der Waals surface area contributed by atoms with Gasteiger partial charge in [0.2, 0.25) is 5.91 Å². The van der Waals surface area contributed by atoms with Crippen LogP contribution in [0.15, 0.2) is 59.9 Å². The van der Waals surface area contributed by atoms with E-state index in [1.807, 2.05) is 36.1 Å². The van der Waals surface area contributed by atoms with Crippen molar-refractivity contribution in [2.24, 2.45) is 0 Å². The molecule has 1 aliphatic heterocycles. The first kappa shape index (κ1) is 22.1. The summed E-state index contributed by atoms with van der Waals surface area (Å²) in [6.45, 7) is 9.41. The summed E-state index contributed by atoms with van der Waals surface area (Å²) in [6.07, 6.45) is 3.22. The highest BCUT2D eigenvalue weighted by atomic mass is 32.2. The lowest BCUT2D eigenvalue weighted by atomic mass is 10.1. The second kappa shape index (κ2) is 10.0. The largest absolute Gasteiger partial charge is 0.437 e. The fourth-order valence-electron chi connectivity index (χ4n) is 3.68. The number of carbonyl (C=O) groups excluding carboxylic acids is 1. The zero-order valence-electron chi connectivity index (χ0n) is 18.7. The van der Waals surface area contributed by atoms with Crippen LogP contribution in [0.4, 0.5) is 5.69 Å². The summed E-state index contributed by atoms with van der Waals surface area (Å²) in [5, 5.41) is 0.621. The van der Waals surface area contributed by atoms with Crippen LogP contribution < -0.4 is 9.64 Å². The van der Waals surface area contributed by atoms with Crippen molar-refractivity contribution in [3.63, 3.8) is 0 Å². The molecule has 0 atom stereocenters. The minimum Gasteiger partial charge on any atom is -0.437 e. The Morgan fingerprint density at radius 1 is 0.938 bits per heavy atom. The Labute approximate surface area is 193 Å². The lowest BCUT2D eigenvalue weighted by Crippen LogP contribution is -2.49. The predicted molar refractivity (Wildman–Crippen MR) is 129 cm³/mol. The molecule has 0 N–H and O–H groups in total. The number of hydrogen-bond donors (Lipinski definition) is 0. The van der Waals surface area contributed by atoms with Crippen LogP contribution in [-0.4, -0.2) is 52.7 Å². The molecular weight excluding hydrogens is 420 g/mol. The predicted octanol–water partition coefficient (Wildman–Crippen LogP) is 4.64. The first-order chi connectivity index (χ1) is 15.5. The first-order valence-electron chi connectivity index (χ1n) is 10.8. The van der Waals surface area contributed by atoms with E-state index in [-0.39, 0.29) is 5.91 Å². The summed E-state index contributed by atoms with van der Waals surface area (Å²) in [5.74, 6) is 1.55. The minimum absolute atomic E-state index is 0.113. The molecule has 7 heteroatoms. The lowest BCUT2D eigenvalue weighted by molar-refractivity contribution is -0.128. The first-order valence-corrected chi connectivity index (χ1v) is 11.8. The zero-order valence-corrected chi connectivity index (χ0v) is 19.6. The normalized spacial score (nSPS) is 13.8. The maximum atomic E-state index is 12.8. The van der Waals surface area contributed by atoms with Gasteiger partial charge < -0.3 is 14.5 Å². The Morgan fingerprint density at radius 2 is 1.62 bits per heavy atom. The molecule has 3 aromatic rings. The average molecular weight is 449 g/mol. The number of hydrogen-bond acceptors (Lipinski definition) is 6. The van der Waals surface area contributed by atoms with E-state index in [2.05, 4.69) is 46.9 Å².